The summed E-state index contributed by atoms with van der Waals surface area (Å²) in [6.07, 6.45) is 0. The number of nitrogens with one attached hydrogen (secondary N) is 2. The number of carbonyl (C=O) groups excluding carboxylic acids is 2. The number of amides is 4. The highest BCUT2D eigenvalue weighted by atomic mass is 16.3. The summed E-state index contributed by atoms with van der Waals surface area (Å²) in [6.45, 7) is 4.07. The van der Waals surface area contributed by atoms with E-state index in [9.17, 15) is 14.7 Å². The third-order valence-corrected chi connectivity index (χ3v) is 5.60. The van der Waals surface area contributed by atoms with Gasteiger partial charge in [0, 0.05) is 29.9 Å². The van der Waals surface area contributed by atoms with Crippen molar-refractivity contribution in [1.29, 1.82) is 0 Å². The van der Waals surface area contributed by atoms with Crippen LogP contribution in [0.25, 0.3) is 0 Å². The van der Waals surface area contributed by atoms with Crippen LogP contribution in [0.4, 0.5) is 21.0 Å². The normalized spacial score (nSPS) is 22.4. The monoisotopic (exact) mass is 394 g/mol. The van der Waals surface area contributed by atoms with E-state index in [0.29, 0.717) is 12.2 Å². The first-order chi connectivity index (χ1) is 14.0. The molecule has 2 aliphatic rings. The molecule has 2 aromatic rings. The molecule has 4 rings (SSSR count). The second-order valence-electron chi connectivity index (χ2n) is 7.82. The van der Waals surface area contributed by atoms with Crippen LogP contribution in [0.15, 0.2) is 54.6 Å². The van der Waals surface area contributed by atoms with Gasteiger partial charge in [-0.25, -0.2) is 9.59 Å². The maximum Gasteiger partial charge on any atom is 0.326 e. The topological polar surface area (TPSA) is 84.9 Å². The number of anilines is 2. The van der Waals surface area contributed by atoms with E-state index >= 15 is 0 Å². The Labute approximate surface area is 170 Å². The predicted octanol–water partition coefficient (Wildman–Crippen LogP) is 2.99. The lowest BCUT2D eigenvalue weighted by atomic mass is 9.72. The quantitative estimate of drug-likeness (QED) is 0.748. The summed E-state index contributed by atoms with van der Waals surface area (Å²) in [5.74, 6) is 0.00916. The average molecular weight is 394 g/mol. The van der Waals surface area contributed by atoms with Gasteiger partial charge in [-0.3, -0.25) is 4.90 Å². The van der Waals surface area contributed by atoms with Crippen LogP contribution in [0.3, 0.4) is 0 Å². The van der Waals surface area contributed by atoms with Crippen molar-refractivity contribution in [3.63, 3.8) is 0 Å². The van der Waals surface area contributed by atoms with E-state index in [4.69, 9.17) is 0 Å². The van der Waals surface area contributed by atoms with E-state index in [2.05, 4.69) is 10.6 Å². The lowest BCUT2D eigenvalue weighted by Gasteiger charge is -2.58. The number of rotatable bonds is 3. The zero-order chi connectivity index (χ0) is 20.5. The molecule has 0 bridgehead atoms. The molecule has 29 heavy (non-hydrogen) atoms. The van der Waals surface area contributed by atoms with Crippen molar-refractivity contribution < 1.29 is 14.7 Å². The molecule has 7 heteroatoms. The van der Waals surface area contributed by atoms with Gasteiger partial charge in [-0.05, 0) is 37.6 Å². The van der Waals surface area contributed by atoms with Gasteiger partial charge in [-0.1, -0.05) is 36.4 Å². The fourth-order valence-corrected chi connectivity index (χ4v) is 4.39. The van der Waals surface area contributed by atoms with Crippen LogP contribution in [0.2, 0.25) is 0 Å². The molecular formula is C22H26N4O3. The Morgan fingerprint density at radius 1 is 1.07 bits per heavy atom. The van der Waals surface area contributed by atoms with Crippen LogP contribution < -0.4 is 15.5 Å². The zero-order valence-corrected chi connectivity index (χ0v) is 16.6. The van der Waals surface area contributed by atoms with Crippen molar-refractivity contribution in [3.8, 4) is 0 Å². The molecule has 0 aliphatic carbocycles. The molecular weight excluding hydrogens is 368 g/mol. The van der Waals surface area contributed by atoms with Crippen LogP contribution in [-0.2, 0) is 0 Å². The minimum absolute atomic E-state index is 0.00532. The molecule has 0 radical (unpaired) electrons. The van der Waals surface area contributed by atoms with Crippen molar-refractivity contribution in [2.24, 2.45) is 0 Å². The van der Waals surface area contributed by atoms with Crippen molar-refractivity contribution in [3.05, 3.63) is 60.2 Å². The predicted molar refractivity (Wildman–Crippen MR) is 112 cm³/mol. The number of urea groups is 2. The van der Waals surface area contributed by atoms with Crippen LogP contribution in [0, 0.1) is 0 Å². The maximum absolute atomic E-state index is 13.1. The highest BCUT2D eigenvalue weighted by Gasteiger charge is 2.55. The first-order valence-electron chi connectivity index (χ1n) is 9.93. The van der Waals surface area contributed by atoms with Gasteiger partial charge in [0.15, 0.2) is 0 Å². The molecule has 0 unspecified atom stereocenters. The third kappa shape index (κ3) is 3.42. The van der Waals surface area contributed by atoms with Crippen LogP contribution in [-0.4, -0.2) is 53.3 Å². The molecule has 0 saturated carbocycles. The highest BCUT2D eigenvalue weighted by molar-refractivity contribution is 6.03. The second kappa shape index (κ2) is 7.75. The molecule has 7 nitrogen and oxygen atoms in total. The van der Waals surface area contributed by atoms with Crippen LogP contribution in [0.5, 0.6) is 0 Å². The van der Waals surface area contributed by atoms with Crippen molar-refractivity contribution in [1.82, 2.24) is 10.2 Å². The van der Waals surface area contributed by atoms with Crippen molar-refractivity contribution in [2.75, 3.05) is 23.4 Å². The highest BCUT2D eigenvalue weighted by Crippen LogP contribution is 2.48. The van der Waals surface area contributed by atoms with E-state index in [1.54, 1.807) is 9.80 Å². The SMILES string of the molecule is CC(C)NC(=O)N1[C@@H](CO)[C@@H]2c3ccccc3N(C(=O)Nc3ccccc3)C[C@@H]21. The Hall–Kier alpha value is -3.06. The number of benzene rings is 2. The van der Waals surface area contributed by atoms with Gasteiger partial charge >= 0.3 is 12.1 Å². The van der Waals surface area contributed by atoms with E-state index in [1.165, 1.54) is 0 Å². The smallest absolute Gasteiger partial charge is 0.326 e. The summed E-state index contributed by atoms with van der Waals surface area (Å²) in [7, 11) is 0. The number of likely N-dealkylation sites (tertiary alicyclic amines) is 1. The molecule has 2 heterocycles. The van der Waals surface area contributed by atoms with Gasteiger partial charge in [0.25, 0.3) is 0 Å². The van der Waals surface area contributed by atoms with Crippen LogP contribution >= 0.6 is 0 Å². The number of hydrogen-bond acceptors (Lipinski definition) is 3. The van der Waals surface area contributed by atoms with Gasteiger partial charge < -0.3 is 20.6 Å². The first-order valence-corrected chi connectivity index (χ1v) is 9.93. The van der Waals surface area contributed by atoms with Gasteiger partial charge in [0.2, 0.25) is 0 Å². The van der Waals surface area contributed by atoms with Gasteiger partial charge in [-0.15, -0.1) is 0 Å². The Morgan fingerprint density at radius 3 is 2.45 bits per heavy atom. The lowest BCUT2D eigenvalue weighted by molar-refractivity contribution is -0.00739. The van der Waals surface area contributed by atoms with E-state index < -0.39 is 0 Å². The summed E-state index contributed by atoms with van der Waals surface area (Å²) in [5, 5.41) is 15.8. The van der Waals surface area contributed by atoms with Gasteiger partial charge in [-0.2, -0.15) is 0 Å². The summed E-state index contributed by atoms with van der Waals surface area (Å²) in [6, 6.07) is 16.1. The number of para-hydroxylation sites is 2. The van der Waals surface area contributed by atoms with Gasteiger partial charge in [0.05, 0.1) is 18.7 Å². The average Bonchev–Trinajstić information content (AvgIpc) is 2.68. The summed E-state index contributed by atoms with van der Waals surface area (Å²) < 4.78 is 0. The Kier molecular flexibility index (Phi) is 5.15. The molecule has 152 valence electrons. The summed E-state index contributed by atoms with van der Waals surface area (Å²) in [5.41, 5.74) is 2.53. The molecule has 1 saturated heterocycles. The fraction of sp³-hybridized carbons (Fsp3) is 0.364. The van der Waals surface area contributed by atoms with E-state index in [1.807, 2.05) is 68.4 Å². The number of nitrogens with zero attached hydrogens (tertiary/aromatic N) is 2. The maximum atomic E-state index is 13.1. The fourth-order valence-electron chi connectivity index (χ4n) is 4.39. The number of aliphatic hydroxyl groups excluding tert-OH is 1. The first kappa shape index (κ1) is 19.3. The minimum Gasteiger partial charge on any atom is -0.394 e. The lowest BCUT2D eigenvalue weighted by Crippen LogP contribution is -2.72. The molecule has 0 spiro atoms. The molecule has 3 atom stereocenters. The molecule has 0 aromatic heterocycles. The summed E-state index contributed by atoms with van der Waals surface area (Å²) >= 11 is 0. The number of fused-ring (bicyclic) bond motifs is 3. The van der Waals surface area contributed by atoms with Crippen LogP contribution in [0.1, 0.15) is 25.3 Å². The number of hydrogen-bond donors (Lipinski definition) is 3. The van der Waals surface area contributed by atoms with E-state index in [-0.39, 0.29) is 42.7 Å². The largest absolute Gasteiger partial charge is 0.394 e. The Balaban J connectivity index is 1.64. The molecule has 2 aromatic carbocycles. The number of aliphatic hydroxyl groups is 1. The van der Waals surface area contributed by atoms with Crippen molar-refractivity contribution in [2.45, 2.75) is 37.9 Å². The van der Waals surface area contributed by atoms with E-state index in [0.717, 1.165) is 11.3 Å². The molecule has 1 fully saturated rings. The minimum atomic E-state index is -0.292. The Bertz CT molecular complexity index is 902. The molecule has 2 aliphatic heterocycles. The zero-order valence-electron chi connectivity index (χ0n) is 16.6. The Morgan fingerprint density at radius 2 is 1.76 bits per heavy atom. The second-order valence-corrected chi connectivity index (χ2v) is 7.82. The molecule has 4 amide bonds. The molecule has 3 N–H and O–H groups in total. The summed E-state index contributed by atoms with van der Waals surface area (Å²) in [4.78, 5) is 29.2. The standard InChI is InChI=1S/C22H26N4O3/c1-14(2)23-22(29)26-18-12-25(21(28)24-15-8-4-3-5-9-15)17-11-7-6-10-16(17)20(18)19(26)13-27/h3-11,14,18-20,27H,12-13H2,1-2H3,(H,23,29)(H,24,28)/t18-,19-,20+/m0/s1. The van der Waals surface area contributed by atoms with Gasteiger partial charge in [0.1, 0.15) is 0 Å². The third-order valence-electron chi connectivity index (χ3n) is 5.60. The van der Waals surface area contributed by atoms with Crippen molar-refractivity contribution >= 4 is 23.4 Å². The number of carbonyl (C=O) groups is 2.